The van der Waals surface area contributed by atoms with Crippen LogP contribution in [0.5, 0.6) is 0 Å². The number of amides is 1. The molecule has 2 aromatic heterocycles. The summed E-state index contributed by atoms with van der Waals surface area (Å²) in [6, 6.07) is 3.57. The van der Waals surface area contributed by atoms with Gasteiger partial charge in [0, 0.05) is 17.6 Å². The van der Waals surface area contributed by atoms with Crippen molar-refractivity contribution in [3.8, 4) is 0 Å². The quantitative estimate of drug-likeness (QED) is 0.844. The summed E-state index contributed by atoms with van der Waals surface area (Å²) in [6.45, 7) is 2.77. The van der Waals surface area contributed by atoms with Gasteiger partial charge in [-0.1, -0.05) is 0 Å². The number of likely N-dealkylation sites (tertiary alicyclic amines) is 1. The van der Waals surface area contributed by atoms with Crippen molar-refractivity contribution >= 4 is 17.2 Å². The fourth-order valence-corrected chi connectivity index (χ4v) is 3.44. The van der Waals surface area contributed by atoms with Crippen LogP contribution in [0.3, 0.4) is 0 Å². The molecule has 1 fully saturated rings. The number of aromatic nitrogens is 1. The summed E-state index contributed by atoms with van der Waals surface area (Å²) in [4.78, 5) is 18.9. The summed E-state index contributed by atoms with van der Waals surface area (Å²) >= 11 is 1.64. The van der Waals surface area contributed by atoms with Gasteiger partial charge in [0.2, 0.25) is 0 Å². The summed E-state index contributed by atoms with van der Waals surface area (Å²) in [5, 5.41) is 3.08. The van der Waals surface area contributed by atoms with E-state index in [4.69, 9.17) is 4.42 Å². The van der Waals surface area contributed by atoms with E-state index in [1.165, 1.54) is 0 Å². The molecular formula is C14H16N2O2S. The van der Waals surface area contributed by atoms with Crippen LogP contribution in [0.2, 0.25) is 0 Å². The van der Waals surface area contributed by atoms with Gasteiger partial charge in [-0.2, -0.15) is 0 Å². The first kappa shape index (κ1) is 12.4. The predicted octanol–water partition coefficient (Wildman–Crippen LogP) is 3.41. The molecule has 1 aliphatic rings. The highest BCUT2D eigenvalue weighted by Crippen LogP contribution is 2.33. The first-order valence-corrected chi connectivity index (χ1v) is 7.40. The molecule has 19 heavy (non-hydrogen) atoms. The molecule has 0 unspecified atom stereocenters. The average molecular weight is 276 g/mol. The molecule has 1 saturated heterocycles. The van der Waals surface area contributed by atoms with Crippen LogP contribution < -0.4 is 0 Å². The van der Waals surface area contributed by atoms with E-state index in [9.17, 15) is 4.79 Å². The van der Waals surface area contributed by atoms with E-state index >= 15 is 0 Å². The number of nitrogens with zero attached hydrogens (tertiary/aromatic N) is 2. The lowest BCUT2D eigenvalue weighted by Gasteiger charge is -2.33. The normalized spacial score (nSPS) is 19.6. The summed E-state index contributed by atoms with van der Waals surface area (Å²) in [5.74, 6) is 0.391. The number of hydrogen-bond donors (Lipinski definition) is 0. The number of rotatable bonds is 2. The van der Waals surface area contributed by atoms with Crippen molar-refractivity contribution in [3.63, 3.8) is 0 Å². The zero-order valence-corrected chi connectivity index (χ0v) is 11.7. The smallest absolute Gasteiger partial charge is 0.290 e. The fraction of sp³-hybridized carbons (Fsp3) is 0.429. The first-order valence-electron chi connectivity index (χ1n) is 6.52. The molecule has 0 aromatic carbocycles. The van der Waals surface area contributed by atoms with Gasteiger partial charge in [-0.05, 0) is 38.3 Å². The lowest BCUT2D eigenvalue weighted by Crippen LogP contribution is -2.38. The molecule has 1 amide bonds. The molecule has 0 aliphatic carbocycles. The van der Waals surface area contributed by atoms with Gasteiger partial charge in [0.15, 0.2) is 5.76 Å². The Hall–Kier alpha value is -1.62. The molecule has 1 atom stereocenters. The highest BCUT2D eigenvalue weighted by Gasteiger charge is 2.31. The van der Waals surface area contributed by atoms with Gasteiger partial charge in [-0.25, -0.2) is 4.98 Å². The lowest BCUT2D eigenvalue weighted by molar-refractivity contribution is 0.0578. The second kappa shape index (κ2) is 5.17. The number of carbonyl (C=O) groups is 1. The van der Waals surface area contributed by atoms with Gasteiger partial charge in [-0.15, -0.1) is 11.3 Å². The van der Waals surface area contributed by atoms with Gasteiger partial charge < -0.3 is 9.32 Å². The molecule has 2 aromatic rings. The minimum Gasteiger partial charge on any atom is -0.459 e. The second-order valence-corrected chi connectivity index (χ2v) is 5.70. The first-order chi connectivity index (χ1) is 9.25. The molecular weight excluding hydrogens is 260 g/mol. The predicted molar refractivity (Wildman–Crippen MR) is 73.2 cm³/mol. The molecule has 0 spiro atoms. The molecule has 3 rings (SSSR count). The van der Waals surface area contributed by atoms with Crippen molar-refractivity contribution in [2.45, 2.75) is 32.2 Å². The van der Waals surface area contributed by atoms with Crippen LogP contribution >= 0.6 is 11.3 Å². The largest absolute Gasteiger partial charge is 0.459 e. The SMILES string of the molecule is Cc1csc([C@H]2CCCCN2C(=O)c2ccco2)n1. The number of carbonyl (C=O) groups excluding carboxylic acids is 1. The zero-order valence-electron chi connectivity index (χ0n) is 10.8. The Bertz CT molecular complexity index is 562. The van der Waals surface area contributed by atoms with Crippen molar-refractivity contribution in [2.24, 2.45) is 0 Å². The van der Waals surface area contributed by atoms with Gasteiger partial charge in [0.25, 0.3) is 5.91 Å². The molecule has 0 N–H and O–H groups in total. The van der Waals surface area contributed by atoms with Crippen LogP contribution in [-0.4, -0.2) is 22.3 Å². The van der Waals surface area contributed by atoms with Gasteiger partial charge >= 0.3 is 0 Å². The van der Waals surface area contributed by atoms with Gasteiger partial charge in [-0.3, -0.25) is 4.79 Å². The maximum Gasteiger partial charge on any atom is 0.290 e. The van der Waals surface area contributed by atoms with E-state index in [1.54, 1.807) is 29.7 Å². The van der Waals surface area contributed by atoms with Gasteiger partial charge in [0.1, 0.15) is 5.01 Å². The Morgan fingerprint density at radius 2 is 2.42 bits per heavy atom. The average Bonchev–Trinajstić information content (AvgIpc) is 3.09. The minimum atomic E-state index is -0.0254. The highest BCUT2D eigenvalue weighted by molar-refractivity contribution is 7.09. The van der Waals surface area contributed by atoms with E-state index in [1.807, 2.05) is 17.2 Å². The summed E-state index contributed by atoms with van der Waals surface area (Å²) in [5.41, 5.74) is 1.02. The van der Waals surface area contributed by atoms with Crippen LogP contribution in [0.1, 0.15) is 46.6 Å². The summed E-state index contributed by atoms with van der Waals surface area (Å²) in [6.07, 6.45) is 4.72. The second-order valence-electron chi connectivity index (χ2n) is 4.81. The maximum absolute atomic E-state index is 12.5. The van der Waals surface area contributed by atoms with Crippen molar-refractivity contribution in [1.82, 2.24) is 9.88 Å². The number of hydrogen-bond acceptors (Lipinski definition) is 4. The molecule has 5 heteroatoms. The Labute approximate surface area is 116 Å². The standard InChI is InChI=1S/C14H16N2O2S/c1-10-9-19-13(15-10)11-5-2-3-7-16(11)14(17)12-6-4-8-18-12/h4,6,8-9,11H,2-3,5,7H2,1H3/t11-/m1/s1. The third-order valence-corrected chi connectivity index (χ3v) is 4.48. The summed E-state index contributed by atoms with van der Waals surface area (Å²) < 4.78 is 5.23. The van der Waals surface area contributed by atoms with Crippen molar-refractivity contribution in [2.75, 3.05) is 6.54 Å². The molecule has 0 saturated carbocycles. The van der Waals surface area contributed by atoms with E-state index in [0.717, 1.165) is 36.5 Å². The number of thiazole rings is 1. The minimum absolute atomic E-state index is 0.0254. The zero-order chi connectivity index (χ0) is 13.2. The van der Waals surface area contributed by atoms with E-state index in [0.29, 0.717) is 5.76 Å². The van der Waals surface area contributed by atoms with Crippen LogP contribution in [-0.2, 0) is 0 Å². The maximum atomic E-state index is 12.5. The van der Waals surface area contributed by atoms with Crippen molar-refractivity contribution < 1.29 is 9.21 Å². The van der Waals surface area contributed by atoms with Crippen LogP contribution in [0.15, 0.2) is 28.2 Å². The highest BCUT2D eigenvalue weighted by atomic mass is 32.1. The molecule has 4 nitrogen and oxygen atoms in total. The number of aryl methyl sites for hydroxylation is 1. The van der Waals surface area contributed by atoms with E-state index in [2.05, 4.69) is 4.98 Å². The lowest BCUT2D eigenvalue weighted by atomic mass is 10.0. The third kappa shape index (κ3) is 2.42. The van der Waals surface area contributed by atoms with Crippen LogP contribution in [0.25, 0.3) is 0 Å². The Balaban J connectivity index is 1.87. The molecule has 0 radical (unpaired) electrons. The topological polar surface area (TPSA) is 46.3 Å². The van der Waals surface area contributed by atoms with Crippen LogP contribution in [0.4, 0.5) is 0 Å². The van der Waals surface area contributed by atoms with E-state index < -0.39 is 0 Å². The Morgan fingerprint density at radius 3 is 3.11 bits per heavy atom. The summed E-state index contributed by atoms with van der Waals surface area (Å²) in [7, 11) is 0. The van der Waals surface area contributed by atoms with Crippen molar-refractivity contribution in [3.05, 3.63) is 40.2 Å². The van der Waals surface area contributed by atoms with E-state index in [-0.39, 0.29) is 11.9 Å². The Morgan fingerprint density at radius 1 is 1.53 bits per heavy atom. The molecule has 100 valence electrons. The molecule has 0 bridgehead atoms. The van der Waals surface area contributed by atoms with Gasteiger partial charge in [0.05, 0.1) is 12.3 Å². The fourth-order valence-electron chi connectivity index (χ4n) is 2.50. The Kier molecular flexibility index (Phi) is 3.38. The van der Waals surface area contributed by atoms with Crippen molar-refractivity contribution in [1.29, 1.82) is 0 Å². The third-order valence-electron chi connectivity index (χ3n) is 3.42. The number of furan rings is 1. The molecule has 3 heterocycles. The van der Waals surface area contributed by atoms with Crippen LogP contribution in [0, 0.1) is 6.92 Å². The number of piperidine rings is 1. The monoisotopic (exact) mass is 276 g/mol. The molecule has 1 aliphatic heterocycles.